The fraction of sp³-hybridized carbons (Fsp3) is 0.520. The van der Waals surface area contributed by atoms with Crippen LogP contribution in [0.3, 0.4) is 0 Å². The van der Waals surface area contributed by atoms with Crippen LogP contribution in [-0.2, 0) is 25.6 Å². The molecule has 0 aliphatic carbocycles. The maximum Gasteiger partial charge on any atom is 0.243 e. The fourth-order valence-corrected chi connectivity index (χ4v) is 4.33. The van der Waals surface area contributed by atoms with E-state index < -0.39 is 35.8 Å². The molecule has 1 aliphatic heterocycles. The number of aromatic hydroxyl groups is 1. The first-order valence-corrected chi connectivity index (χ1v) is 13.1. The molecule has 1 aromatic carbocycles. The van der Waals surface area contributed by atoms with Crippen molar-refractivity contribution in [3.05, 3.63) is 29.8 Å². The molecule has 3 atom stereocenters. The maximum atomic E-state index is 13.3. The number of nitrogens with one attached hydrogen (secondary N) is 2. The topological polar surface area (TPSA) is 271 Å². The third-order valence-electron chi connectivity index (χ3n) is 6.35. The number of carbonyl (C=O) groups is 4. The van der Waals surface area contributed by atoms with Crippen LogP contribution in [-0.4, -0.2) is 83.3 Å². The van der Waals surface area contributed by atoms with Gasteiger partial charge in [-0.25, -0.2) is 0 Å². The lowest BCUT2D eigenvalue weighted by molar-refractivity contribution is -0.139. The summed E-state index contributed by atoms with van der Waals surface area (Å²) in [6.45, 7) is 0.868. The van der Waals surface area contributed by atoms with Crippen LogP contribution in [0.15, 0.2) is 34.3 Å². The van der Waals surface area contributed by atoms with Gasteiger partial charge < -0.3 is 49.3 Å². The predicted octanol–water partition coefficient (Wildman–Crippen LogP) is -2.51. The lowest BCUT2D eigenvalue weighted by Gasteiger charge is -2.27. The number of phenols is 1. The highest BCUT2D eigenvalue weighted by Crippen LogP contribution is 2.20. The number of primary amides is 1. The molecule has 0 aromatic heterocycles. The van der Waals surface area contributed by atoms with Gasteiger partial charge in [0.05, 0.1) is 6.42 Å². The molecule has 1 saturated heterocycles. The first-order chi connectivity index (χ1) is 19.0. The third-order valence-corrected chi connectivity index (χ3v) is 6.35. The Morgan fingerprint density at radius 3 is 2.02 bits per heavy atom. The quantitative estimate of drug-likeness (QED) is 0.0638. The number of benzene rings is 1. The first-order valence-electron chi connectivity index (χ1n) is 13.1. The predicted molar refractivity (Wildman–Crippen MR) is 149 cm³/mol. The number of nitrogens with zero attached hydrogens (tertiary/aromatic N) is 3. The Labute approximate surface area is 232 Å². The number of phenolic OH excluding ortho intramolecular Hbond substituents is 1. The van der Waals surface area contributed by atoms with Gasteiger partial charge >= 0.3 is 0 Å². The molecule has 1 aromatic rings. The summed E-state index contributed by atoms with van der Waals surface area (Å²) in [5, 5.41) is 14.8. The van der Waals surface area contributed by atoms with Crippen molar-refractivity contribution in [3.63, 3.8) is 0 Å². The zero-order valence-electron chi connectivity index (χ0n) is 22.4. The Balaban J connectivity index is 2.08. The first kappa shape index (κ1) is 31.7. The van der Waals surface area contributed by atoms with Crippen molar-refractivity contribution in [2.75, 3.05) is 19.6 Å². The summed E-state index contributed by atoms with van der Waals surface area (Å²) in [5.41, 5.74) is 27.5. The average Bonchev–Trinajstić information content (AvgIpc) is 3.39. The molecule has 15 nitrogen and oxygen atoms in total. The van der Waals surface area contributed by atoms with Crippen LogP contribution in [0.25, 0.3) is 0 Å². The molecule has 0 bridgehead atoms. The van der Waals surface area contributed by atoms with Crippen molar-refractivity contribution in [1.82, 2.24) is 15.5 Å². The zero-order valence-corrected chi connectivity index (χ0v) is 22.4. The second-order valence-corrected chi connectivity index (χ2v) is 9.51. The van der Waals surface area contributed by atoms with Gasteiger partial charge in [0.25, 0.3) is 0 Å². The number of likely N-dealkylation sites (tertiary alicyclic amines) is 1. The molecule has 4 amide bonds. The third kappa shape index (κ3) is 10.7. The van der Waals surface area contributed by atoms with Crippen LogP contribution in [0.1, 0.15) is 44.1 Å². The van der Waals surface area contributed by atoms with E-state index in [9.17, 15) is 24.3 Å². The molecular weight excluding hydrogens is 520 g/mol. The second-order valence-electron chi connectivity index (χ2n) is 9.51. The summed E-state index contributed by atoms with van der Waals surface area (Å²) in [7, 11) is 0. The number of rotatable bonds is 15. The molecule has 220 valence electrons. The van der Waals surface area contributed by atoms with E-state index in [1.54, 1.807) is 12.1 Å². The van der Waals surface area contributed by atoms with Crippen LogP contribution in [0.5, 0.6) is 5.75 Å². The van der Waals surface area contributed by atoms with E-state index in [2.05, 4.69) is 20.6 Å². The number of guanidine groups is 2. The summed E-state index contributed by atoms with van der Waals surface area (Å²) >= 11 is 0. The molecule has 2 rings (SSSR count). The highest BCUT2D eigenvalue weighted by Gasteiger charge is 2.36. The molecule has 15 heteroatoms. The lowest BCUT2D eigenvalue weighted by atomic mass is 10.1. The van der Waals surface area contributed by atoms with E-state index in [1.807, 2.05) is 0 Å². The molecular formula is C25H40N10O5. The van der Waals surface area contributed by atoms with Crippen LogP contribution >= 0.6 is 0 Å². The van der Waals surface area contributed by atoms with Crippen molar-refractivity contribution >= 4 is 35.5 Å². The Bertz CT molecular complexity index is 1080. The van der Waals surface area contributed by atoms with Gasteiger partial charge in [-0.3, -0.25) is 29.2 Å². The van der Waals surface area contributed by atoms with E-state index in [0.29, 0.717) is 37.8 Å². The van der Waals surface area contributed by atoms with Gasteiger partial charge in [0.2, 0.25) is 23.6 Å². The van der Waals surface area contributed by atoms with Gasteiger partial charge in [-0.05, 0) is 56.2 Å². The number of nitrogens with two attached hydrogens (primary N) is 5. The maximum absolute atomic E-state index is 13.3. The molecule has 1 heterocycles. The minimum atomic E-state index is -1.03. The van der Waals surface area contributed by atoms with E-state index in [0.717, 1.165) is 0 Å². The van der Waals surface area contributed by atoms with Crippen LogP contribution in [0, 0.1) is 0 Å². The molecule has 13 N–H and O–H groups in total. The summed E-state index contributed by atoms with van der Waals surface area (Å²) in [6.07, 6.45) is 2.22. The monoisotopic (exact) mass is 560 g/mol. The van der Waals surface area contributed by atoms with Crippen molar-refractivity contribution in [2.24, 2.45) is 38.7 Å². The molecule has 40 heavy (non-hydrogen) atoms. The van der Waals surface area contributed by atoms with E-state index in [4.69, 9.17) is 28.7 Å². The number of aliphatic imine (C=N–C) groups is 2. The van der Waals surface area contributed by atoms with Crippen molar-refractivity contribution in [3.8, 4) is 5.75 Å². The normalized spacial score (nSPS) is 15.9. The van der Waals surface area contributed by atoms with Gasteiger partial charge in [-0.2, -0.15) is 0 Å². The Hall–Kier alpha value is -4.56. The van der Waals surface area contributed by atoms with Gasteiger partial charge in [-0.15, -0.1) is 0 Å². The second kappa shape index (κ2) is 15.8. The average molecular weight is 561 g/mol. The van der Waals surface area contributed by atoms with Gasteiger partial charge in [0.15, 0.2) is 11.9 Å². The van der Waals surface area contributed by atoms with E-state index in [-0.39, 0.29) is 55.9 Å². The summed E-state index contributed by atoms with van der Waals surface area (Å²) < 4.78 is 0. The zero-order chi connectivity index (χ0) is 29.7. The number of carbonyl (C=O) groups excluding carboxylic acids is 4. The van der Waals surface area contributed by atoms with Crippen molar-refractivity contribution < 1.29 is 24.3 Å². The minimum Gasteiger partial charge on any atom is -0.508 e. The molecule has 3 unspecified atom stereocenters. The van der Waals surface area contributed by atoms with Gasteiger partial charge in [-0.1, -0.05) is 12.1 Å². The summed E-state index contributed by atoms with van der Waals surface area (Å²) in [6, 6.07) is 3.46. The summed E-state index contributed by atoms with van der Waals surface area (Å²) in [4.78, 5) is 60.7. The Morgan fingerprint density at radius 1 is 0.900 bits per heavy atom. The smallest absolute Gasteiger partial charge is 0.243 e. The Kier molecular flexibility index (Phi) is 12.5. The number of amides is 4. The molecule has 1 aliphatic rings. The highest BCUT2D eigenvalue weighted by atomic mass is 16.3. The van der Waals surface area contributed by atoms with Crippen molar-refractivity contribution in [2.45, 2.75) is 63.1 Å². The van der Waals surface area contributed by atoms with Crippen LogP contribution in [0.2, 0.25) is 0 Å². The fourth-order valence-electron chi connectivity index (χ4n) is 4.33. The number of hydrogen-bond donors (Lipinski definition) is 8. The van der Waals surface area contributed by atoms with Crippen molar-refractivity contribution in [1.29, 1.82) is 0 Å². The van der Waals surface area contributed by atoms with Crippen LogP contribution in [0.4, 0.5) is 0 Å². The van der Waals surface area contributed by atoms with Gasteiger partial charge in [0.1, 0.15) is 23.9 Å². The van der Waals surface area contributed by atoms with E-state index in [1.165, 1.54) is 17.0 Å². The molecule has 0 saturated carbocycles. The Morgan fingerprint density at radius 2 is 1.48 bits per heavy atom. The van der Waals surface area contributed by atoms with Crippen LogP contribution < -0.4 is 39.3 Å². The van der Waals surface area contributed by atoms with E-state index >= 15 is 0 Å². The standard InChI is InChI=1S/C25H40N10O5/c26-21(38)17(4-1-11-31-24(27)28)33-22(39)18(5-2-12-32-25(29)30)34-23(40)19-6-3-13-35(19)20(37)14-15-7-9-16(36)10-8-15/h7-10,17-19,36H,1-6,11-14H2,(H2,26,38)(H,33,39)(H,34,40)(H4,27,28,31)(H4,29,30,32). The van der Waals surface area contributed by atoms with Gasteiger partial charge in [0, 0.05) is 19.6 Å². The summed E-state index contributed by atoms with van der Waals surface area (Å²) in [5.74, 6) is -2.19. The molecule has 0 spiro atoms. The molecule has 0 radical (unpaired) electrons. The molecule has 1 fully saturated rings. The largest absolute Gasteiger partial charge is 0.508 e. The highest BCUT2D eigenvalue weighted by molar-refractivity contribution is 5.94. The SMILES string of the molecule is NC(=O)C(CCCN=C(N)N)NC(=O)C(CCCN=C(N)N)NC(=O)C1CCCN1C(=O)Cc1ccc(O)cc1. The lowest BCUT2D eigenvalue weighted by Crippen LogP contribution is -2.56. The minimum absolute atomic E-state index is 0.0621. The number of hydrogen-bond acceptors (Lipinski definition) is 7.